The Kier molecular flexibility index (Phi) is 12.5. The second-order valence-corrected chi connectivity index (χ2v) is 1.34. The molecule has 0 aromatic carbocycles. The van der Waals surface area contributed by atoms with Gasteiger partial charge < -0.3 is 19.2 Å². The smallest absolute Gasteiger partial charge is 0.822 e. The molecule has 0 spiro atoms. The van der Waals surface area contributed by atoms with Crippen molar-refractivity contribution in [2.45, 2.75) is 0 Å². The molecule has 0 bridgehead atoms. The van der Waals surface area contributed by atoms with E-state index < -0.39 is 7.82 Å². The van der Waals surface area contributed by atoms with E-state index in [4.69, 9.17) is 19.2 Å². The molecule has 0 aromatic heterocycles. The summed E-state index contributed by atoms with van der Waals surface area (Å²) in [6, 6.07) is 0. The minimum absolute atomic E-state index is 0. The largest absolute Gasteiger partial charge is 2.00 e. The molecule has 0 saturated carbocycles. The number of phosphoric acid groups is 1. The summed E-state index contributed by atoms with van der Waals surface area (Å²) in [5.74, 6) is 0. The molecule has 0 saturated heterocycles. The van der Waals surface area contributed by atoms with Crippen LogP contribution in [0, 0.1) is 0 Å². The quantitative estimate of drug-likeness (QED) is 0.286. The topological polar surface area (TPSA) is 86.2 Å². The van der Waals surface area contributed by atoms with Gasteiger partial charge >= 0.3 is 40.1 Å². The van der Waals surface area contributed by atoms with Crippen LogP contribution in [0.2, 0.25) is 0 Å². The summed E-state index contributed by atoms with van der Waals surface area (Å²) in [5, 5.41) is 0. The summed E-state index contributed by atoms with van der Waals surface area (Å²) in [6.07, 6.45) is 0. The van der Waals surface area contributed by atoms with Crippen LogP contribution in [0.25, 0.3) is 0 Å². The molecule has 0 heterocycles. The van der Waals surface area contributed by atoms with E-state index in [1.165, 1.54) is 0 Å². The van der Waals surface area contributed by atoms with Gasteiger partial charge in [0.1, 0.15) is 0 Å². The molecule has 7 heavy (non-hydrogen) atoms. The fourth-order valence-electron chi connectivity index (χ4n) is 0. The Morgan fingerprint density at radius 3 is 1.14 bits per heavy atom. The van der Waals surface area contributed by atoms with E-state index >= 15 is 0 Å². The van der Waals surface area contributed by atoms with Crippen molar-refractivity contribution in [1.29, 1.82) is 0 Å². The zero-order valence-corrected chi connectivity index (χ0v) is 6.65. The molecule has 0 rings (SSSR count). The van der Waals surface area contributed by atoms with Crippen LogP contribution in [0.5, 0.6) is 0 Å². The predicted molar refractivity (Wildman–Crippen MR) is 13.4 cm³/mol. The third kappa shape index (κ3) is 111. The minimum atomic E-state index is -5.39. The van der Waals surface area contributed by atoms with Crippen molar-refractivity contribution in [3.05, 3.63) is 0 Å². The van der Waals surface area contributed by atoms with Crippen molar-refractivity contribution >= 4 is 30.9 Å². The first kappa shape index (κ1) is 15.8. The zero-order valence-electron chi connectivity index (χ0n) is 3.17. The molecule has 0 unspecified atom stereocenters. The molecule has 4 nitrogen and oxygen atoms in total. The van der Waals surface area contributed by atoms with E-state index in [0.717, 1.165) is 0 Å². The fourth-order valence-corrected chi connectivity index (χ4v) is 0. The van der Waals surface area contributed by atoms with Crippen LogP contribution in [0.4, 0.5) is 0 Å². The standard InChI is InChI=1S/Mg.Mn.H3O4P/c;;1-5(2,3)4/h;;(H3,1,2,3,4)/q2*+2;/p-3. The van der Waals surface area contributed by atoms with Gasteiger partial charge in [-0.1, -0.05) is 0 Å². The maximum atomic E-state index is 8.55. The number of rotatable bonds is 0. The number of hydrogen-bond acceptors (Lipinski definition) is 4. The Labute approximate surface area is 67.2 Å². The molecule has 0 aliphatic carbocycles. The van der Waals surface area contributed by atoms with Gasteiger partial charge in [-0.2, -0.15) is 7.82 Å². The Morgan fingerprint density at radius 1 is 1.14 bits per heavy atom. The monoisotopic (exact) mass is 174 g/mol. The molecule has 0 aromatic rings. The summed E-state index contributed by atoms with van der Waals surface area (Å²) in [4.78, 5) is 25.6. The molecule has 0 aliphatic rings. The van der Waals surface area contributed by atoms with E-state index in [9.17, 15) is 0 Å². The van der Waals surface area contributed by atoms with E-state index in [-0.39, 0.29) is 40.1 Å². The van der Waals surface area contributed by atoms with Crippen LogP contribution in [-0.4, -0.2) is 23.1 Å². The Hall–Kier alpha value is 1.40. The molecule has 0 atom stereocenters. The predicted octanol–water partition coefficient (Wildman–Crippen LogP) is -3.21. The fraction of sp³-hybridized carbons (Fsp3) is 0. The third-order valence-electron chi connectivity index (χ3n) is 0. The molecule has 7 heteroatoms. The van der Waals surface area contributed by atoms with Gasteiger partial charge in [0.15, 0.2) is 0 Å². The summed E-state index contributed by atoms with van der Waals surface area (Å²) in [7, 11) is -5.39. The maximum absolute atomic E-state index is 8.55. The Bertz CT molecular complexity index is 57.8. The Balaban J connectivity index is -0.0000000800. The van der Waals surface area contributed by atoms with E-state index in [0.29, 0.717) is 0 Å². The van der Waals surface area contributed by atoms with Crippen molar-refractivity contribution in [3.8, 4) is 0 Å². The number of hydrogen-bond donors (Lipinski definition) is 0. The average Bonchev–Trinajstić information content (AvgIpc) is 0.722. The third-order valence-corrected chi connectivity index (χ3v) is 0. The zero-order chi connectivity index (χ0) is 4.50. The van der Waals surface area contributed by atoms with Crippen LogP contribution < -0.4 is 14.7 Å². The van der Waals surface area contributed by atoms with Crippen LogP contribution in [0.15, 0.2) is 0 Å². The average molecular weight is 174 g/mol. The summed E-state index contributed by atoms with van der Waals surface area (Å²) >= 11 is 0. The first-order valence-corrected chi connectivity index (χ1v) is 2.19. The van der Waals surface area contributed by atoms with Crippen molar-refractivity contribution < 1.29 is 36.3 Å². The molecular weight excluding hydrogens is 174 g/mol. The van der Waals surface area contributed by atoms with Crippen LogP contribution >= 0.6 is 7.82 Å². The minimum Gasteiger partial charge on any atom is -0.822 e. The van der Waals surface area contributed by atoms with Crippen molar-refractivity contribution in [3.63, 3.8) is 0 Å². The van der Waals surface area contributed by atoms with Gasteiger partial charge in [-0.25, -0.2) is 0 Å². The second-order valence-electron chi connectivity index (χ2n) is 0.447. The molecule has 0 N–H and O–H groups in total. The van der Waals surface area contributed by atoms with Gasteiger partial charge in [0.25, 0.3) is 0 Å². The summed E-state index contributed by atoms with van der Waals surface area (Å²) < 4.78 is 8.55. The first-order valence-electron chi connectivity index (χ1n) is 0.730. The maximum Gasteiger partial charge on any atom is 2.00 e. The molecule has 37 valence electrons. The molecule has 0 amide bonds. The van der Waals surface area contributed by atoms with Crippen molar-refractivity contribution in [1.82, 2.24) is 0 Å². The molecule has 0 fully saturated rings. The summed E-state index contributed by atoms with van der Waals surface area (Å²) in [5.41, 5.74) is 0. The first-order chi connectivity index (χ1) is 2.00. The van der Waals surface area contributed by atoms with Crippen LogP contribution in [-0.2, 0) is 21.6 Å². The van der Waals surface area contributed by atoms with Crippen LogP contribution in [0.3, 0.4) is 0 Å². The normalized spacial score (nSPS) is 8.43. The molecular formula is MgMnO4P+. The van der Waals surface area contributed by atoms with Gasteiger partial charge in [-0.05, 0) is 0 Å². The molecule has 1 radical (unpaired) electrons. The van der Waals surface area contributed by atoms with Gasteiger partial charge in [0.05, 0.1) is 0 Å². The van der Waals surface area contributed by atoms with Gasteiger partial charge in [0.2, 0.25) is 0 Å². The van der Waals surface area contributed by atoms with Gasteiger partial charge in [0, 0.05) is 0 Å². The van der Waals surface area contributed by atoms with Gasteiger partial charge in [-0.3, -0.25) is 0 Å². The summed E-state index contributed by atoms with van der Waals surface area (Å²) in [6.45, 7) is 0. The second kappa shape index (κ2) is 5.53. The van der Waals surface area contributed by atoms with E-state index in [1.54, 1.807) is 0 Å². The van der Waals surface area contributed by atoms with E-state index in [2.05, 4.69) is 0 Å². The van der Waals surface area contributed by atoms with E-state index in [1.807, 2.05) is 0 Å². The Morgan fingerprint density at radius 2 is 1.14 bits per heavy atom. The van der Waals surface area contributed by atoms with Crippen molar-refractivity contribution in [2.24, 2.45) is 0 Å². The van der Waals surface area contributed by atoms with Gasteiger partial charge in [-0.15, -0.1) is 0 Å². The molecule has 0 aliphatic heterocycles. The van der Waals surface area contributed by atoms with Crippen LogP contribution in [0.1, 0.15) is 0 Å². The SMILES string of the molecule is O=P([O-])([O-])[O-].[Mg+2].[Mn+2]. The van der Waals surface area contributed by atoms with Crippen molar-refractivity contribution in [2.75, 3.05) is 0 Å².